The van der Waals surface area contributed by atoms with Crippen LogP contribution >= 0.6 is 12.2 Å². The Labute approximate surface area is 157 Å². The summed E-state index contributed by atoms with van der Waals surface area (Å²) in [5.74, 6) is -0.834. The van der Waals surface area contributed by atoms with Crippen LogP contribution < -0.4 is 0 Å². The predicted molar refractivity (Wildman–Crippen MR) is 98.7 cm³/mol. The fourth-order valence-corrected chi connectivity index (χ4v) is 2.91. The minimum Gasteiger partial charge on any atom is -0.478 e. The Morgan fingerprint density at radius 3 is 2.41 bits per heavy atom. The summed E-state index contributed by atoms with van der Waals surface area (Å²) in [7, 11) is 0. The number of rotatable bonds is 4. The van der Waals surface area contributed by atoms with Gasteiger partial charge >= 0.3 is 5.97 Å². The first kappa shape index (κ1) is 16.9. The summed E-state index contributed by atoms with van der Waals surface area (Å²) in [6, 6.07) is 14.1. The summed E-state index contributed by atoms with van der Waals surface area (Å²) in [4.78, 5) is 11.0. The van der Waals surface area contributed by atoms with Crippen LogP contribution in [0.1, 0.15) is 10.4 Å². The van der Waals surface area contributed by atoms with Crippen LogP contribution in [0.5, 0.6) is 0 Å². The van der Waals surface area contributed by atoms with E-state index in [2.05, 4.69) is 20.4 Å². The first-order chi connectivity index (χ1) is 13.0. The van der Waals surface area contributed by atoms with Crippen molar-refractivity contribution in [2.75, 3.05) is 0 Å². The molecule has 0 spiro atoms. The number of aromatic carboxylic acids is 1. The summed E-state index contributed by atoms with van der Waals surface area (Å²) < 4.78 is 15.1. The lowest BCUT2D eigenvalue weighted by Crippen LogP contribution is -2.00. The Morgan fingerprint density at radius 2 is 1.74 bits per heavy atom. The Bertz CT molecular complexity index is 1180. The van der Waals surface area contributed by atoms with Crippen molar-refractivity contribution in [1.82, 2.24) is 25.0 Å². The summed E-state index contributed by atoms with van der Waals surface area (Å²) >= 11 is 5.31. The molecular formula is C18H12FN5O2S. The second-order valence-corrected chi connectivity index (χ2v) is 6.10. The smallest absolute Gasteiger partial charge is 0.335 e. The van der Waals surface area contributed by atoms with Gasteiger partial charge in [-0.2, -0.15) is 10.2 Å². The molecule has 0 radical (unpaired) electrons. The number of nitrogens with zero attached hydrogens (tertiary/aromatic N) is 3. The molecule has 7 nitrogen and oxygen atoms in total. The average molecular weight is 381 g/mol. The van der Waals surface area contributed by atoms with Crippen molar-refractivity contribution in [1.29, 1.82) is 0 Å². The minimum atomic E-state index is -1.00. The Hall–Kier alpha value is -3.59. The quantitative estimate of drug-likeness (QED) is 0.467. The zero-order chi connectivity index (χ0) is 19.0. The molecule has 2 aromatic carbocycles. The first-order valence-electron chi connectivity index (χ1n) is 7.86. The number of carbonyl (C=O) groups is 1. The number of aromatic amines is 2. The average Bonchev–Trinajstić information content (AvgIpc) is 3.29. The van der Waals surface area contributed by atoms with E-state index in [1.54, 1.807) is 34.9 Å². The van der Waals surface area contributed by atoms with Crippen LogP contribution in [0, 0.1) is 10.6 Å². The lowest BCUT2D eigenvalue weighted by atomic mass is 10.1. The van der Waals surface area contributed by atoms with Crippen LogP contribution in [0.2, 0.25) is 0 Å². The Kier molecular flexibility index (Phi) is 4.13. The van der Waals surface area contributed by atoms with Gasteiger partial charge in [0.1, 0.15) is 11.5 Å². The normalized spacial score (nSPS) is 10.9. The zero-order valence-electron chi connectivity index (χ0n) is 13.7. The Balaban J connectivity index is 1.75. The van der Waals surface area contributed by atoms with Gasteiger partial charge < -0.3 is 5.11 Å². The number of hydrogen-bond donors (Lipinski definition) is 3. The molecule has 0 fully saturated rings. The lowest BCUT2D eigenvalue weighted by Gasteiger charge is -2.05. The van der Waals surface area contributed by atoms with Crippen molar-refractivity contribution in [2.24, 2.45) is 0 Å². The van der Waals surface area contributed by atoms with E-state index >= 15 is 0 Å². The molecule has 0 aliphatic heterocycles. The van der Waals surface area contributed by atoms with Crippen molar-refractivity contribution in [3.63, 3.8) is 0 Å². The number of halogens is 1. The fourth-order valence-electron chi connectivity index (χ4n) is 2.68. The highest BCUT2D eigenvalue weighted by molar-refractivity contribution is 7.71. The molecule has 4 aromatic rings. The Morgan fingerprint density at radius 1 is 1.04 bits per heavy atom. The van der Waals surface area contributed by atoms with Crippen molar-refractivity contribution < 1.29 is 14.3 Å². The minimum absolute atomic E-state index is 0.176. The first-order valence-corrected chi connectivity index (χ1v) is 8.26. The second-order valence-electron chi connectivity index (χ2n) is 5.71. The number of carboxylic acids is 1. The van der Waals surface area contributed by atoms with Gasteiger partial charge in [-0.25, -0.2) is 9.18 Å². The van der Waals surface area contributed by atoms with Crippen molar-refractivity contribution in [2.45, 2.75) is 0 Å². The van der Waals surface area contributed by atoms with E-state index in [1.165, 1.54) is 24.3 Å². The summed E-state index contributed by atoms with van der Waals surface area (Å²) in [5.41, 5.74) is 2.82. The third-order valence-electron chi connectivity index (χ3n) is 4.00. The number of nitrogens with one attached hydrogen (secondary N) is 2. The van der Waals surface area contributed by atoms with Gasteiger partial charge in [-0.3, -0.25) is 14.8 Å². The second kappa shape index (κ2) is 6.61. The fraction of sp³-hybridized carbons (Fsp3) is 0. The highest BCUT2D eigenvalue weighted by Gasteiger charge is 2.15. The molecule has 2 heterocycles. The summed E-state index contributed by atoms with van der Waals surface area (Å²) in [6.45, 7) is 0. The van der Waals surface area contributed by atoms with Gasteiger partial charge in [0.2, 0.25) is 0 Å². The molecule has 0 unspecified atom stereocenters. The van der Waals surface area contributed by atoms with Crippen LogP contribution in [-0.2, 0) is 0 Å². The van der Waals surface area contributed by atoms with Crippen LogP contribution in [0.25, 0.3) is 28.5 Å². The van der Waals surface area contributed by atoms with Crippen LogP contribution in [0.4, 0.5) is 4.39 Å². The molecule has 0 bridgehead atoms. The number of hydrogen-bond acceptors (Lipinski definition) is 4. The molecule has 2 aromatic heterocycles. The molecule has 3 N–H and O–H groups in total. The third kappa shape index (κ3) is 3.15. The van der Waals surface area contributed by atoms with E-state index in [4.69, 9.17) is 17.3 Å². The number of carboxylic acid groups (broad SMARTS) is 1. The molecule has 0 aliphatic rings. The standard InChI is InChI=1S/C18H12FN5O2S/c19-12-5-1-10(2-6-12)14-9-15(21-20-14)16-22-23-18(27)24(16)13-7-3-11(4-8-13)17(25)26/h1-9H,(H,20,21)(H,23,27)(H,25,26). The molecule has 0 amide bonds. The maximum Gasteiger partial charge on any atom is 0.335 e. The molecule has 0 saturated heterocycles. The van der Waals surface area contributed by atoms with Crippen LogP contribution in [-0.4, -0.2) is 36.0 Å². The molecule has 0 aliphatic carbocycles. The third-order valence-corrected chi connectivity index (χ3v) is 4.28. The van der Waals surface area contributed by atoms with E-state index in [1.807, 2.05) is 0 Å². The van der Waals surface area contributed by atoms with Gasteiger partial charge in [0, 0.05) is 5.56 Å². The monoisotopic (exact) mass is 381 g/mol. The van der Waals surface area contributed by atoms with Crippen molar-refractivity contribution in [3.05, 3.63) is 70.7 Å². The highest BCUT2D eigenvalue weighted by Crippen LogP contribution is 2.25. The molecule has 0 atom stereocenters. The predicted octanol–water partition coefficient (Wildman–Crippen LogP) is 3.82. The molecule has 134 valence electrons. The molecule has 0 saturated carbocycles. The summed E-state index contributed by atoms with van der Waals surface area (Å²) in [5, 5.41) is 23.2. The van der Waals surface area contributed by atoms with Crippen molar-refractivity contribution in [3.8, 4) is 28.5 Å². The van der Waals surface area contributed by atoms with E-state index in [0.29, 0.717) is 27.7 Å². The largest absolute Gasteiger partial charge is 0.478 e. The molecule has 9 heteroatoms. The van der Waals surface area contributed by atoms with Gasteiger partial charge in [0.15, 0.2) is 10.6 Å². The van der Waals surface area contributed by atoms with E-state index in [0.717, 1.165) is 5.56 Å². The van der Waals surface area contributed by atoms with Gasteiger partial charge in [-0.15, -0.1) is 0 Å². The van der Waals surface area contributed by atoms with Gasteiger partial charge in [-0.05, 0) is 66.8 Å². The van der Waals surface area contributed by atoms with Crippen molar-refractivity contribution >= 4 is 18.2 Å². The molecule has 27 heavy (non-hydrogen) atoms. The topological polar surface area (TPSA) is 99.6 Å². The van der Waals surface area contributed by atoms with Crippen LogP contribution in [0.15, 0.2) is 54.6 Å². The van der Waals surface area contributed by atoms with E-state index in [9.17, 15) is 9.18 Å². The molecule has 4 rings (SSSR count). The number of benzene rings is 2. The van der Waals surface area contributed by atoms with Gasteiger partial charge in [0.25, 0.3) is 0 Å². The van der Waals surface area contributed by atoms with Crippen LogP contribution in [0.3, 0.4) is 0 Å². The van der Waals surface area contributed by atoms with Gasteiger partial charge in [-0.1, -0.05) is 0 Å². The SMILES string of the molecule is O=C(O)c1ccc(-n2c(-c3cc(-c4ccc(F)cc4)n[nH]3)n[nH]c2=S)cc1. The van der Waals surface area contributed by atoms with E-state index < -0.39 is 5.97 Å². The lowest BCUT2D eigenvalue weighted by molar-refractivity contribution is 0.0697. The number of H-pyrrole nitrogens is 2. The zero-order valence-corrected chi connectivity index (χ0v) is 14.5. The maximum absolute atomic E-state index is 13.1. The summed E-state index contributed by atoms with van der Waals surface area (Å²) in [6.07, 6.45) is 0. The van der Waals surface area contributed by atoms with Gasteiger partial charge in [0.05, 0.1) is 16.9 Å². The maximum atomic E-state index is 13.1. The van der Waals surface area contributed by atoms with E-state index in [-0.39, 0.29) is 11.4 Å². The highest BCUT2D eigenvalue weighted by atomic mass is 32.1. The number of aromatic nitrogens is 5. The molecular weight excluding hydrogens is 369 g/mol.